The highest BCUT2D eigenvalue weighted by molar-refractivity contribution is 6.62. The normalized spacial score (nSPS) is 21.2. The summed E-state index contributed by atoms with van der Waals surface area (Å²) in [5.74, 6) is 0. The van der Waals surface area contributed by atoms with Crippen molar-refractivity contribution in [1.82, 2.24) is 10.3 Å². The minimum atomic E-state index is -0.384. The van der Waals surface area contributed by atoms with Crippen LogP contribution < -0.4 is 5.46 Å². The Morgan fingerprint density at radius 1 is 1.00 bits per heavy atom. The molecule has 19 heavy (non-hydrogen) atoms. The van der Waals surface area contributed by atoms with Crippen LogP contribution in [0.1, 0.15) is 33.3 Å². The van der Waals surface area contributed by atoms with E-state index in [4.69, 9.17) is 13.9 Å². The van der Waals surface area contributed by atoms with Gasteiger partial charge in [0.1, 0.15) is 11.0 Å². The van der Waals surface area contributed by atoms with E-state index < -0.39 is 0 Å². The first kappa shape index (κ1) is 12.6. The Hall–Kier alpha value is -1.40. The van der Waals surface area contributed by atoms with Crippen LogP contribution in [0.2, 0.25) is 0 Å². The molecule has 1 aromatic heterocycles. The minimum absolute atomic E-state index is 0.345. The van der Waals surface area contributed by atoms with E-state index in [-0.39, 0.29) is 18.3 Å². The molecule has 5 nitrogen and oxygen atoms in total. The lowest BCUT2D eigenvalue weighted by Crippen LogP contribution is -2.41. The Kier molecular flexibility index (Phi) is 2.53. The SMILES string of the molecule is Cc1cc(B2OC(C)(C)C(C)(C)O2)cc2nonc12. The fourth-order valence-corrected chi connectivity index (χ4v) is 2.20. The fraction of sp³-hybridized carbons (Fsp3) is 0.538. The van der Waals surface area contributed by atoms with Crippen LogP contribution >= 0.6 is 0 Å². The maximum atomic E-state index is 6.03. The first-order valence-electron chi connectivity index (χ1n) is 6.39. The summed E-state index contributed by atoms with van der Waals surface area (Å²) in [6.07, 6.45) is 0. The maximum Gasteiger partial charge on any atom is 0.494 e. The van der Waals surface area contributed by atoms with Gasteiger partial charge >= 0.3 is 7.12 Å². The highest BCUT2D eigenvalue weighted by atomic mass is 16.7. The van der Waals surface area contributed by atoms with Crippen molar-refractivity contribution in [2.75, 3.05) is 0 Å². The second-order valence-electron chi connectivity index (χ2n) is 6.06. The van der Waals surface area contributed by atoms with Crippen molar-refractivity contribution in [2.24, 2.45) is 0 Å². The van der Waals surface area contributed by atoms with Crippen LogP contribution in [0.5, 0.6) is 0 Å². The third-order valence-corrected chi connectivity index (χ3v) is 4.10. The molecule has 0 spiro atoms. The fourth-order valence-electron chi connectivity index (χ4n) is 2.20. The summed E-state index contributed by atoms with van der Waals surface area (Å²) in [6.45, 7) is 10.1. The van der Waals surface area contributed by atoms with Crippen molar-refractivity contribution in [1.29, 1.82) is 0 Å². The Bertz CT molecular complexity index is 620. The van der Waals surface area contributed by atoms with Crippen molar-refractivity contribution < 1.29 is 13.9 Å². The molecule has 0 atom stereocenters. The van der Waals surface area contributed by atoms with Crippen LogP contribution in [0.4, 0.5) is 0 Å². The molecule has 1 aromatic carbocycles. The molecule has 6 heteroatoms. The molecule has 1 saturated heterocycles. The number of benzene rings is 1. The zero-order valence-corrected chi connectivity index (χ0v) is 11.9. The zero-order chi connectivity index (χ0) is 13.8. The number of aryl methyl sites for hydroxylation is 1. The molecule has 2 heterocycles. The van der Waals surface area contributed by atoms with Gasteiger partial charge in [-0.05, 0) is 62.0 Å². The van der Waals surface area contributed by atoms with Crippen LogP contribution in [-0.4, -0.2) is 28.6 Å². The molecule has 1 aliphatic heterocycles. The van der Waals surface area contributed by atoms with Crippen LogP contribution in [0.25, 0.3) is 11.0 Å². The number of aromatic nitrogens is 2. The van der Waals surface area contributed by atoms with Gasteiger partial charge in [0, 0.05) is 0 Å². The molecule has 2 aromatic rings. The average Bonchev–Trinajstić information content (AvgIpc) is 2.82. The summed E-state index contributed by atoms with van der Waals surface area (Å²) in [4.78, 5) is 0. The lowest BCUT2D eigenvalue weighted by Gasteiger charge is -2.32. The quantitative estimate of drug-likeness (QED) is 0.732. The lowest BCUT2D eigenvalue weighted by atomic mass is 9.78. The Morgan fingerprint density at radius 2 is 1.63 bits per heavy atom. The summed E-state index contributed by atoms with van der Waals surface area (Å²) in [7, 11) is -0.384. The predicted octanol–water partition coefficient (Wildman–Crippen LogP) is 1.83. The first-order valence-corrected chi connectivity index (χ1v) is 6.39. The van der Waals surface area contributed by atoms with Gasteiger partial charge in [0.2, 0.25) is 0 Å². The van der Waals surface area contributed by atoms with E-state index in [0.717, 1.165) is 22.1 Å². The van der Waals surface area contributed by atoms with Gasteiger partial charge in [0.25, 0.3) is 0 Å². The molecule has 0 radical (unpaired) electrons. The van der Waals surface area contributed by atoms with E-state index in [2.05, 4.69) is 10.3 Å². The topological polar surface area (TPSA) is 57.4 Å². The van der Waals surface area contributed by atoms with Crippen molar-refractivity contribution >= 4 is 23.6 Å². The van der Waals surface area contributed by atoms with Crippen molar-refractivity contribution in [3.05, 3.63) is 17.7 Å². The molecule has 100 valence electrons. The van der Waals surface area contributed by atoms with Gasteiger partial charge in [0.05, 0.1) is 11.2 Å². The van der Waals surface area contributed by atoms with Gasteiger partial charge in [-0.15, -0.1) is 0 Å². The standard InChI is InChI=1S/C13H17BN2O3/c1-8-6-9(7-10-11(8)16-19-15-10)14-17-12(2,3)13(4,5)18-14/h6-7H,1-5H3. The minimum Gasteiger partial charge on any atom is -0.399 e. The van der Waals surface area contributed by atoms with Crippen LogP contribution in [-0.2, 0) is 9.31 Å². The van der Waals surface area contributed by atoms with Gasteiger partial charge < -0.3 is 9.31 Å². The highest BCUT2D eigenvalue weighted by Crippen LogP contribution is 2.36. The monoisotopic (exact) mass is 260 g/mol. The lowest BCUT2D eigenvalue weighted by molar-refractivity contribution is 0.00578. The van der Waals surface area contributed by atoms with E-state index in [1.54, 1.807) is 0 Å². The zero-order valence-electron chi connectivity index (χ0n) is 11.9. The third kappa shape index (κ3) is 1.86. The molecule has 1 aliphatic rings. The van der Waals surface area contributed by atoms with Crippen LogP contribution in [0.3, 0.4) is 0 Å². The van der Waals surface area contributed by atoms with E-state index in [1.165, 1.54) is 0 Å². The molecular weight excluding hydrogens is 243 g/mol. The van der Waals surface area contributed by atoms with Crippen molar-refractivity contribution in [2.45, 2.75) is 45.8 Å². The summed E-state index contributed by atoms with van der Waals surface area (Å²) in [5.41, 5.74) is 2.76. The van der Waals surface area contributed by atoms with Crippen molar-refractivity contribution in [3.63, 3.8) is 0 Å². The molecule has 0 amide bonds. The van der Waals surface area contributed by atoms with Gasteiger partial charge in [-0.1, -0.05) is 6.07 Å². The molecule has 3 rings (SSSR count). The summed E-state index contributed by atoms with van der Waals surface area (Å²) < 4.78 is 16.8. The first-order chi connectivity index (χ1) is 8.80. The van der Waals surface area contributed by atoms with Crippen molar-refractivity contribution in [3.8, 4) is 0 Å². The second kappa shape index (κ2) is 3.80. The Balaban J connectivity index is 2.02. The molecule has 0 bridgehead atoms. The largest absolute Gasteiger partial charge is 0.494 e. The highest BCUT2D eigenvalue weighted by Gasteiger charge is 2.51. The maximum absolute atomic E-state index is 6.03. The molecule has 0 N–H and O–H groups in total. The van der Waals surface area contributed by atoms with Crippen LogP contribution in [0.15, 0.2) is 16.8 Å². The average molecular weight is 260 g/mol. The Morgan fingerprint density at radius 3 is 2.26 bits per heavy atom. The summed E-state index contributed by atoms with van der Waals surface area (Å²) >= 11 is 0. The number of fused-ring (bicyclic) bond motifs is 1. The third-order valence-electron chi connectivity index (χ3n) is 4.10. The summed E-state index contributed by atoms with van der Waals surface area (Å²) in [6, 6.07) is 3.91. The second-order valence-corrected chi connectivity index (χ2v) is 6.06. The number of nitrogens with zero attached hydrogens (tertiary/aromatic N) is 2. The van der Waals surface area contributed by atoms with E-state index in [0.29, 0.717) is 0 Å². The van der Waals surface area contributed by atoms with E-state index >= 15 is 0 Å². The molecular formula is C13H17BN2O3. The Labute approximate surface area is 112 Å². The van der Waals surface area contributed by atoms with Crippen LogP contribution in [0, 0.1) is 6.92 Å². The molecule has 0 aliphatic carbocycles. The van der Waals surface area contributed by atoms with Gasteiger partial charge in [-0.3, -0.25) is 0 Å². The van der Waals surface area contributed by atoms with Gasteiger partial charge in [0.15, 0.2) is 0 Å². The van der Waals surface area contributed by atoms with Gasteiger partial charge in [-0.25, -0.2) is 4.63 Å². The molecule has 0 saturated carbocycles. The number of hydrogen-bond acceptors (Lipinski definition) is 5. The number of rotatable bonds is 1. The number of hydrogen-bond donors (Lipinski definition) is 0. The predicted molar refractivity (Wildman–Crippen MR) is 72.3 cm³/mol. The molecule has 1 fully saturated rings. The van der Waals surface area contributed by atoms with E-state index in [9.17, 15) is 0 Å². The van der Waals surface area contributed by atoms with Gasteiger partial charge in [-0.2, -0.15) is 0 Å². The van der Waals surface area contributed by atoms with E-state index in [1.807, 2.05) is 46.8 Å². The molecule has 0 unspecified atom stereocenters. The smallest absolute Gasteiger partial charge is 0.399 e. The summed E-state index contributed by atoms with van der Waals surface area (Å²) in [5, 5.41) is 7.76.